The molecule has 8 heteroatoms. The molecule has 1 aliphatic heterocycles. The average Bonchev–Trinajstić information content (AvgIpc) is 2.79. The Morgan fingerprint density at radius 2 is 2.03 bits per heavy atom. The van der Waals surface area contributed by atoms with Crippen LogP contribution in [0.1, 0.15) is 23.7 Å². The van der Waals surface area contributed by atoms with E-state index in [1.807, 2.05) is 30.3 Å². The van der Waals surface area contributed by atoms with Crippen LogP contribution in [0.5, 0.6) is 5.75 Å². The maximum atomic E-state index is 10.3. The second kappa shape index (κ2) is 10.2. The van der Waals surface area contributed by atoms with Gasteiger partial charge in [0.05, 0.1) is 6.10 Å². The number of nitrogens with one attached hydrogen (secondary N) is 2. The summed E-state index contributed by atoms with van der Waals surface area (Å²) in [6.07, 6.45) is 2.94. The molecule has 1 aliphatic rings. The van der Waals surface area contributed by atoms with Crippen LogP contribution in [0.25, 0.3) is 0 Å². The molecule has 2 heterocycles. The molecule has 0 aliphatic carbocycles. The van der Waals surface area contributed by atoms with Gasteiger partial charge in [-0.1, -0.05) is 17.7 Å². The number of aryl methyl sites for hydroxylation is 1. The minimum Gasteiger partial charge on any atom is -0.489 e. The first kappa shape index (κ1) is 21.8. The highest BCUT2D eigenvalue weighted by Gasteiger charge is 2.20. The van der Waals surface area contributed by atoms with E-state index in [4.69, 9.17) is 22.1 Å². The van der Waals surface area contributed by atoms with Gasteiger partial charge in [0.2, 0.25) is 0 Å². The Bertz CT molecular complexity index is 1000. The van der Waals surface area contributed by atoms with E-state index in [1.54, 1.807) is 30.3 Å². The van der Waals surface area contributed by atoms with Crippen molar-refractivity contribution in [2.45, 2.75) is 29.9 Å². The number of halogens is 1. The van der Waals surface area contributed by atoms with E-state index in [0.717, 1.165) is 39.8 Å². The molecule has 0 amide bonds. The first-order valence-corrected chi connectivity index (χ1v) is 11.3. The molecule has 0 saturated carbocycles. The normalized spacial score (nSPS) is 16.3. The molecule has 162 valence electrons. The summed E-state index contributed by atoms with van der Waals surface area (Å²) in [7, 11) is 0. The number of pyridine rings is 1. The van der Waals surface area contributed by atoms with Crippen LogP contribution in [-0.4, -0.2) is 29.3 Å². The number of rotatable bonds is 8. The Hall–Kier alpha value is -2.45. The summed E-state index contributed by atoms with van der Waals surface area (Å²) in [6, 6.07) is 17.4. The first-order chi connectivity index (χ1) is 15.1. The van der Waals surface area contributed by atoms with Gasteiger partial charge in [-0.25, -0.2) is 4.98 Å². The monoisotopic (exact) mass is 456 g/mol. The van der Waals surface area contributed by atoms with Crippen molar-refractivity contribution >= 4 is 35.1 Å². The predicted molar refractivity (Wildman–Crippen MR) is 127 cm³/mol. The van der Waals surface area contributed by atoms with E-state index >= 15 is 0 Å². The summed E-state index contributed by atoms with van der Waals surface area (Å²) in [5.74, 6) is 1.37. The highest BCUT2D eigenvalue weighted by molar-refractivity contribution is 8.00. The third-order valence-electron chi connectivity index (χ3n) is 5.10. The van der Waals surface area contributed by atoms with E-state index in [2.05, 4.69) is 27.2 Å². The van der Waals surface area contributed by atoms with Gasteiger partial charge in [-0.2, -0.15) is 0 Å². The zero-order valence-electron chi connectivity index (χ0n) is 16.9. The summed E-state index contributed by atoms with van der Waals surface area (Å²) < 4.78 is 9.48. The molecule has 0 spiro atoms. The molecule has 0 bridgehead atoms. The molecule has 2 unspecified atom stereocenters. The van der Waals surface area contributed by atoms with Crippen LogP contribution < -0.4 is 20.5 Å². The number of anilines is 2. The van der Waals surface area contributed by atoms with E-state index < -0.39 is 6.10 Å². The fourth-order valence-electron chi connectivity index (χ4n) is 3.38. The van der Waals surface area contributed by atoms with E-state index in [9.17, 15) is 5.11 Å². The summed E-state index contributed by atoms with van der Waals surface area (Å²) in [5, 5.41) is 14.3. The molecule has 2 atom stereocenters. The minimum atomic E-state index is -0.628. The van der Waals surface area contributed by atoms with Gasteiger partial charge in [0.1, 0.15) is 17.7 Å². The summed E-state index contributed by atoms with van der Waals surface area (Å²) in [5.41, 5.74) is 8.55. The molecule has 2 aromatic carbocycles. The standard InChI is InChI=1S/C23H25ClN4O2S/c24-17-3-5-18(6-4-17)28-31-20-8-9-22-15(11-20)1-7-19(30-22)13-26-14-21(29)16-2-10-23(25)27-12-16/h2-6,8-12,19,21,26,28-29H,1,7,13-14H2,(H2,25,27). The maximum Gasteiger partial charge on any atom is 0.123 e. The van der Waals surface area contributed by atoms with Crippen molar-refractivity contribution in [1.82, 2.24) is 10.3 Å². The average molecular weight is 457 g/mol. The van der Waals surface area contributed by atoms with Crippen LogP contribution in [0.15, 0.2) is 65.7 Å². The molecular weight excluding hydrogens is 432 g/mol. The molecule has 0 saturated heterocycles. The van der Waals surface area contributed by atoms with Crippen molar-refractivity contribution in [1.29, 1.82) is 0 Å². The number of aliphatic hydroxyl groups excluding tert-OH is 1. The van der Waals surface area contributed by atoms with Crippen LogP contribution in [0.2, 0.25) is 5.02 Å². The van der Waals surface area contributed by atoms with Crippen molar-refractivity contribution in [3.8, 4) is 5.75 Å². The van der Waals surface area contributed by atoms with E-state index in [0.29, 0.717) is 18.9 Å². The van der Waals surface area contributed by atoms with Crippen molar-refractivity contribution in [2.24, 2.45) is 0 Å². The lowest BCUT2D eigenvalue weighted by Gasteiger charge is -2.27. The molecule has 1 aromatic heterocycles. The van der Waals surface area contributed by atoms with Crippen molar-refractivity contribution in [3.63, 3.8) is 0 Å². The number of hydrogen-bond acceptors (Lipinski definition) is 7. The highest BCUT2D eigenvalue weighted by atomic mass is 35.5. The fraction of sp³-hybridized carbons (Fsp3) is 0.261. The summed E-state index contributed by atoms with van der Waals surface area (Å²) in [4.78, 5) is 5.15. The van der Waals surface area contributed by atoms with Gasteiger partial charge in [-0.05, 0) is 78.9 Å². The zero-order valence-corrected chi connectivity index (χ0v) is 18.5. The topological polar surface area (TPSA) is 92.4 Å². The van der Waals surface area contributed by atoms with Crippen LogP contribution in [0, 0.1) is 0 Å². The molecular formula is C23H25ClN4O2S. The largest absolute Gasteiger partial charge is 0.489 e. The quantitative estimate of drug-likeness (QED) is 0.372. The zero-order chi connectivity index (χ0) is 21.6. The number of nitrogen functional groups attached to an aromatic ring is 1. The van der Waals surface area contributed by atoms with Crippen molar-refractivity contribution in [3.05, 3.63) is 76.9 Å². The number of benzene rings is 2. The Balaban J connectivity index is 1.25. The molecule has 5 N–H and O–H groups in total. The highest BCUT2D eigenvalue weighted by Crippen LogP contribution is 2.32. The van der Waals surface area contributed by atoms with Gasteiger partial charge in [-0.15, -0.1) is 0 Å². The number of fused-ring (bicyclic) bond motifs is 1. The third-order valence-corrected chi connectivity index (χ3v) is 6.18. The van der Waals surface area contributed by atoms with Gasteiger partial charge >= 0.3 is 0 Å². The number of nitrogens with two attached hydrogens (primary N) is 1. The lowest BCUT2D eigenvalue weighted by Crippen LogP contribution is -2.36. The molecule has 31 heavy (non-hydrogen) atoms. The van der Waals surface area contributed by atoms with E-state index in [-0.39, 0.29) is 6.10 Å². The predicted octanol–water partition coefficient (Wildman–Crippen LogP) is 4.45. The van der Waals surface area contributed by atoms with Gasteiger partial charge in [0.25, 0.3) is 0 Å². The Morgan fingerprint density at radius 3 is 2.81 bits per heavy atom. The second-order valence-electron chi connectivity index (χ2n) is 7.45. The van der Waals surface area contributed by atoms with Crippen LogP contribution in [-0.2, 0) is 6.42 Å². The lowest BCUT2D eigenvalue weighted by atomic mass is 10.0. The van der Waals surface area contributed by atoms with E-state index in [1.165, 1.54) is 5.56 Å². The second-order valence-corrected chi connectivity index (χ2v) is 8.77. The SMILES string of the molecule is Nc1ccc(C(O)CNCC2CCc3cc(SNc4ccc(Cl)cc4)ccc3O2)cn1. The fourth-order valence-corrected chi connectivity index (χ4v) is 4.21. The summed E-state index contributed by atoms with van der Waals surface area (Å²) >= 11 is 7.50. The van der Waals surface area contributed by atoms with Gasteiger partial charge in [0, 0.05) is 40.5 Å². The number of hydrogen-bond donors (Lipinski definition) is 4. The Kier molecular flexibility index (Phi) is 7.19. The van der Waals surface area contributed by atoms with Crippen LogP contribution in [0.3, 0.4) is 0 Å². The molecule has 3 aromatic rings. The molecule has 6 nitrogen and oxygen atoms in total. The Labute approximate surface area is 191 Å². The van der Waals surface area contributed by atoms with Gasteiger partial charge in [0.15, 0.2) is 0 Å². The van der Waals surface area contributed by atoms with Crippen LogP contribution in [0.4, 0.5) is 11.5 Å². The lowest BCUT2D eigenvalue weighted by molar-refractivity contribution is 0.146. The van der Waals surface area contributed by atoms with Gasteiger partial charge < -0.3 is 25.6 Å². The number of aliphatic hydroxyl groups is 1. The number of aromatic nitrogens is 1. The van der Waals surface area contributed by atoms with Crippen LogP contribution >= 0.6 is 23.5 Å². The first-order valence-electron chi connectivity index (χ1n) is 10.1. The molecule has 4 rings (SSSR count). The molecule has 0 radical (unpaired) electrons. The van der Waals surface area contributed by atoms with Crippen molar-refractivity contribution < 1.29 is 9.84 Å². The summed E-state index contributed by atoms with van der Waals surface area (Å²) in [6.45, 7) is 1.11. The maximum absolute atomic E-state index is 10.3. The number of nitrogens with zero attached hydrogens (tertiary/aromatic N) is 1. The smallest absolute Gasteiger partial charge is 0.123 e. The molecule has 0 fully saturated rings. The minimum absolute atomic E-state index is 0.0786. The van der Waals surface area contributed by atoms with Gasteiger partial charge in [-0.3, -0.25) is 0 Å². The Morgan fingerprint density at radius 1 is 1.19 bits per heavy atom. The van der Waals surface area contributed by atoms with Crippen molar-refractivity contribution in [2.75, 3.05) is 23.5 Å². The third kappa shape index (κ3) is 6.04. The number of ether oxygens (including phenoxy) is 1.